The molecule has 0 radical (unpaired) electrons. The fourth-order valence-corrected chi connectivity index (χ4v) is 2.67. The lowest BCUT2D eigenvalue weighted by Gasteiger charge is -2.25. The van der Waals surface area contributed by atoms with Gasteiger partial charge in [0, 0.05) is 25.7 Å². The van der Waals surface area contributed by atoms with Gasteiger partial charge in [-0.3, -0.25) is 0 Å². The predicted octanol–water partition coefficient (Wildman–Crippen LogP) is 3.08. The molecule has 0 heterocycles. The minimum atomic E-state index is -0.246. The molecule has 23 heavy (non-hydrogen) atoms. The van der Waals surface area contributed by atoms with Gasteiger partial charge in [-0.1, -0.05) is 36.4 Å². The van der Waals surface area contributed by atoms with Crippen LogP contribution in [0.1, 0.15) is 24.0 Å². The van der Waals surface area contributed by atoms with Crippen molar-refractivity contribution < 1.29 is 9.50 Å². The third kappa shape index (κ3) is 4.53. The van der Waals surface area contributed by atoms with Gasteiger partial charge in [0.15, 0.2) is 0 Å². The van der Waals surface area contributed by atoms with Gasteiger partial charge in [0.25, 0.3) is 0 Å². The second kappa shape index (κ2) is 7.57. The van der Waals surface area contributed by atoms with Crippen molar-refractivity contribution in [2.45, 2.75) is 32.0 Å². The SMILES string of the molecule is OCCN(Cc1ccccc1)c1cc(CNC2CC2)ccc1F. The molecule has 0 bridgehead atoms. The van der Waals surface area contributed by atoms with E-state index in [-0.39, 0.29) is 12.4 Å². The predicted molar refractivity (Wildman–Crippen MR) is 90.8 cm³/mol. The number of aliphatic hydroxyl groups excluding tert-OH is 1. The van der Waals surface area contributed by atoms with Crippen molar-refractivity contribution in [3.05, 3.63) is 65.5 Å². The number of nitrogens with one attached hydrogen (secondary N) is 1. The van der Waals surface area contributed by atoms with Crippen LogP contribution in [-0.4, -0.2) is 24.3 Å². The molecule has 0 saturated heterocycles. The monoisotopic (exact) mass is 314 g/mol. The average molecular weight is 314 g/mol. The molecule has 0 aliphatic heterocycles. The van der Waals surface area contributed by atoms with Gasteiger partial charge >= 0.3 is 0 Å². The number of nitrogens with zero attached hydrogens (tertiary/aromatic N) is 1. The van der Waals surface area contributed by atoms with Crippen LogP contribution in [0.15, 0.2) is 48.5 Å². The van der Waals surface area contributed by atoms with E-state index < -0.39 is 0 Å². The van der Waals surface area contributed by atoms with E-state index in [1.54, 1.807) is 0 Å². The summed E-state index contributed by atoms with van der Waals surface area (Å²) in [5.41, 5.74) is 2.73. The standard InChI is InChI=1S/C19H23FN2O/c20-18-9-6-16(13-21-17-7-8-17)12-19(18)22(10-11-23)14-15-4-2-1-3-5-15/h1-6,9,12,17,21,23H,7-8,10-11,13-14H2. The largest absolute Gasteiger partial charge is 0.395 e. The highest BCUT2D eigenvalue weighted by molar-refractivity contribution is 5.50. The van der Waals surface area contributed by atoms with E-state index in [2.05, 4.69) is 5.32 Å². The average Bonchev–Trinajstić information content (AvgIpc) is 3.39. The van der Waals surface area contributed by atoms with Crippen molar-refractivity contribution in [3.63, 3.8) is 0 Å². The maximum absolute atomic E-state index is 14.3. The van der Waals surface area contributed by atoms with Gasteiger partial charge in [-0.2, -0.15) is 0 Å². The van der Waals surface area contributed by atoms with Crippen LogP contribution >= 0.6 is 0 Å². The number of hydrogen-bond donors (Lipinski definition) is 2. The van der Waals surface area contributed by atoms with Gasteiger partial charge in [0.1, 0.15) is 5.82 Å². The molecule has 0 aromatic heterocycles. The topological polar surface area (TPSA) is 35.5 Å². The number of anilines is 1. The first kappa shape index (κ1) is 16.0. The van der Waals surface area contributed by atoms with Crippen molar-refractivity contribution in [3.8, 4) is 0 Å². The van der Waals surface area contributed by atoms with Gasteiger partial charge in [0.05, 0.1) is 12.3 Å². The highest BCUT2D eigenvalue weighted by Crippen LogP contribution is 2.24. The zero-order valence-corrected chi connectivity index (χ0v) is 13.2. The van der Waals surface area contributed by atoms with Crippen LogP contribution in [0.2, 0.25) is 0 Å². The van der Waals surface area contributed by atoms with E-state index in [0.717, 1.165) is 17.7 Å². The third-order valence-corrected chi connectivity index (χ3v) is 4.11. The van der Waals surface area contributed by atoms with Crippen molar-refractivity contribution in [1.29, 1.82) is 0 Å². The summed E-state index contributed by atoms with van der Waals surface area (Å²) in [6.07, 6.45) is 2.47. The molecule has 1 aliphatic rings. The van der Waals surface area contributed by atoms with Crippen molar-refractivity contribution in [2.75, 3.05) is 18.1 Å². The molecule has 2 aromatic rings. The Balaban J connectivity index is 1.77. The second-order valence-corrected chi connectivity index (χ2v) is 6.07. The second-order valence-electron chi connectivity index (χ2n) is 6.07. The zero-order valence-electron chi connectivity index (χ0n) is 13.2. The summed E-state index contributed by atoms with van der Waals surface area (Å²) in [4.78, 5) is 1.89. The van der Waals surface area contributed by atoms with Gasteiger partial charge in [-0.15, -0.1) is 0 Å². The molecule has 4 heteroatoms. The first-order valence-electron chi connectivity index (χ1n) is 8.18. The minimum Gasteiger partial charge on any atom is -0.395 e. The maximum Gasteiger partial charge on any atom is 0.146 e. The Hall–Kier alpha value is -1.91. The fraction of sp³-hybridized carbons (Fsp3) is 0.368. The third-order valence-electron chi connectivity index (χ3n) is 4.11. The first-order chi connectivity index (χ1) is 11.3. The summed E-state index contributed by atoms with van der Waals surface area (Å²) in [5, 5.41) is 12.8. The Morgan fingerprint density at radius 2 is 1.87 bits per heavy atom. The number of aliphatic hydroxyl groups is 1. The molecule has 0 unspecified atom stereocenters. The summed E-state index contributed by atoms with van der Waals surface area (Å²) < 4.78 is 14.3. The lowest BCUT2D eigenvalue weighted by molar-refractivity contribution is 0.301. The van der Waals surface area contributed by atoms with Gasteiger partial charge in [0.2, 0.25) is 0 Å². The Bertz CT molecular complexity index is 629. The molecule has 2 aromatic carbocycles. The lowest BCUT2D eigenvalue weighted by Crippen LogP contribution is -2.27. The van der Waals surface area contributed by atoms with Gasteiger partial charge in [-0.25, -0.2) is 4.39 Å². The van der Waals surface area contributed by atoms with Gasteiger partial charge < -0.3 is 15.3 Å². The van der Waals surface area contributed by atoms with Crippen LogP contribution in [0, 0.1) is 5.82 Å². The first-order valence-corrected chi connectivity index (χ1v) is 8.18. The number of halogens is 1. The zero-order chi connectivity index (χ0) is 16.1. The molecular formula is C19H23FN2O. The molecule has 0 amide bonds. The lowest BCUT2D eigenvalue weighted by atomic mass is 10.1. The van der Waals surface area contributed by atoms with Crippen molar-refractivity contribution in [2.24, 2.45) is 0 Å². The molecule has 1 saturated carbocycles. The van der Waals surface area contributed by atoms with Gasteiger partial charge in [-0.05, 0) is 36.1 Å². The summed E-state index contributed by atoms with van der Waals surface area (Å²) >= 11 is 0. The molecule has 0 atom stereocenters. The van der Waals surface area contributed by atoms with Crippen molar-refractivity contribution >= 4 is 5.69 Å². The number of rotatable bonds is 8. The van der Waals surface area contributed by atoms with E-state index in [1.165, 1.54) is 18.9 Å². The van der Waals surface area contributed by atoms with Crippen LogP contribution in [0.25, 0.3) is 0 Å². The van der Waals surface area contributed by atoms with E-state index in [1.807, 2.05) is 47.4 Å². The quantitative estimate of drug-likeness (QED) is 0.786. The molecular weight excluding hydrogens is 291 g/mol. The Kier molecular flexibility index (Phi) is 5.26. The highest BCUT2D eigenvalue weighted by Gasteiger charge is 2.20. The van der Waals surface area contributed by atoms with E-state index in [9.17, 15) is 9.50 Å². The van der Waals surface area contributed by atoms with Crippen LogP contribution in [0.3, 0.4) is 0 Å². The Morgan fingerprint density at radius 1 is 1.09 bits per heavy atom. The summed E-state index contributed by atoms with van der Waals surface area (Å²) in [6, 6.07) is 15.8. The van der Waals surface area contributed by atoms with E-state index in [4.69, 9.17) is 0 Å². The Labute approximate surface area is 136 Å². The smallest absolute Gasteiger partial charge is 0.146 e. The van der Waals surface area contributed by atoms with Crippen LogP contribution in [0.4, 0.5) is 10.1 Å². The highest BCUT2D eigenvalue weighted by atomic mass is 19.1. The van der Waals surface area contributed by atoms with Crippen LogP contribution in [-0.2, 0) is 13.1 Å². The Morgan fingerprint density at radius 3 is 2.57 bits per heavy atom. The summed E-state index contributed by atoms with van der Waals surface area (Å²) in [5.74, 6) is -0.246. The number of benzene rings is 2. The molecule has 1 aliphatic carbocycles. The molecule has 1 fully saturated rings. The number of hydrogen-bond acceptors (Lipinski definition) is 3. The molecule has 2 N–H and O–H groups in total. The fourth-order valence-electron chi connectivity index (χ4n) is 2.67. The molecule has 122 valence electrons. The summed E-state index contributed by atoms with van der Waals surface area (Å²) in [6.45, 7) is 1.75. The molecule has 0 spiro atoms. The van der Waals surface area contributed by atoms with Crippen molar-refractivity contribution in [1.82, 2.24) is 5.32 Å². The minimum absolute atomic E-state index is 0.00315. The maximum atomic E-state index is 14.3. The van der Waals surface area contributed by atoms with E-state index >= 15 is 0 Å². The van der Waals surface area contributed by atoms with Crippen LogP contribution in [0.5, 0.6) is 0 Å². The molecule has 3 rings (SSSR count). The van der Waals surface area contributed by atoms with Crippen LogP contribution < -0.4 is 10.2 Å². The summed E-state index contributed by atoms with van der Waals surface area (Å²) in [7, 11) is 0. The van der Waals surface area contributed by atoms with E-state index in [0.29, 0.717) is 24.8 Å². The normalized spacial score (nSPS) is 14.0. The molecule has 3 nitrogen and oxygen atoms in total.